The number of nitrogens with two attached hydrogens (primary N) is 1. The van der Waals surface area contributed by atoms with Crippen LogP contribution in [-0.2, 0) is 14.9 Å². The summed E-state index contributed by atoms with van der Waals surface area (Å²) in [5, 5.41) is 0. The minimum Gasteiger partial charge on any atom is -0.366 e. The lowest BCUT2D eigenvalue weighted by Gasteiger charge is -2.38. The van der Waals surface area contributed by atoms with Crippen LogP contribution in [0.2, 0.25) is 0 Å². The van der Waals surface area contributed by atoms with Crippen LogP contribution in [0.5, 0.6) is 0 Å². The molecular formula is C15H31N2O4S+. The van der Waals surface area contributed by atoms with Crippen molar-refractivity contribution in [3.63, 3.8) is 0 Å². The van der Waals surface area contributed by atoms with Crippen LogP contribution in [0.1, 0.15) is 46.0 Å². The van der Waals surface area contributed by atoms with Gasteiger partial charge in [-0.15, -0.1) is 0 Å². The molecule has 0 spiro atoms. The van der Waals surface area contributed by atoms with Crippen LogP contribution in [0, 0.1) is 0 Å². The van der Waals surface area contributed by atoms with Crippen LogP contribution in [0.3, 0.4) is 0 Å². The molecule has 0 heterocycles. The quantitative estimate of drug-likeness (QED) is 0.304. The van der Waals surface area contributed by atoms with E-state index in [1.807, 2.05) is 0 Å². The second-order valence-electron chi connectivity index (χ2n) is 5.85. The van der Waals surface area contributed by atoms with Crippen molar-refractivity contribution in [3.8, 4) is 0 Å². The molecule has 0 aliphatic heterocycles. The molecule has 0 radical (unpaired) electrons. The Bertz CT molecular complexity index is 438. The fourth-order valence-electron chi connectivity index (χ4n) is 2.57. The highest BCUT2D eigenvalue weighted by molar-refractivity contribution is 7.85. The molecule has 0 saturated heterocycles. The Morgan fingerprint density at radius 2 is 1.59 bits per heavy atom. The summed E-state index contributed by atoms with van der Waals surface area (Å²) in [6.07, 6.45) is 7.76. The molecule has 0 aromatic rings. The molecule has 22 heavy (non-hydrogen) atoms. The lowest BCUT2D eigenvalue weighted by atomic mass is 10.2. The predicted octanol–water partition coefficient (Wildman–Crippen LogP) is 1.72. The first kappa shape index (κ1) is 21.1. The van der Waals surface area contributed by atoms with Crippen molar-refractivity contribution in [2.75, 3.05) is 31.9 Å². The lowest BCUT2D eigenvalue weighted by molar-refractivity contribution is -0.923. The maximum atomic E-state index is 10.9. The summed E-state index contributed by atoms with van der Waals surface area (Å²) in [6, 6.07) is 0. The highest BCUT2D eigenvalue weighted by atomic mass is 32.2. The minimum absolute atomic E-state index is 0.217. The third kappa shape index (κ3) is 10.8. The van der Waals surface area contributed by atoms with Gasteiger partial charge in [-0.3, -0.25) is 9.35 Å². The number of hydrogen-bond donors (Lipinski definition) is 2. The molecule has 7 heteroatoms. The molecule has 0 atom stereocenters. The molecule has 0 aliphatic carbocycles. The molecule has 0 saturated carbocycles. The van der Waals surface area contributed by atoms with Gasteiger partial charge in [0.2, 0.25) is 5.91 Å². The number of hydrogen-bond acceptors (Lipinski definition) is 3. The standard InChI is InChI=1S/C15H30N2O4S/c1-3-5-10-17(11-6-4-2,12-7-9-15(16)18)13-8-14-22(19,20)21/h7,9H,3-6,8,10-14H2,1-2H3,(H2-,16,18,19,20,21)/p+1. The summed E-state index contributed by atoms with van der Waals surface area (Å²) in [5.41, 5.74) is 5.13. The second-order valence-corrected chi connectivity index (χ2v) is 7.42. The summed E-state index contributed by atoms with van der Waals surface area (Å²) in [5.74, 6) is -0.688. The molecule has 1 amide bonds. The molecule has 0 unspecified atom stereocenters. The van der Waals surface area contributed by atoms with E-state index in [-0.39, 0.29) is 5.75 Å². The number of rotatable bonds is 13. The van der Waals surface area contributed by atoms with Crippen LogP contribution in [0.15, 0.2) is 12.2 Å². The SMILES string of the molecule is CCCC[N+](CC=CC(N)=O)(CCCC)CCCS(=O)(=O)O. The molecule has 0 aromatic carbocycles. The largest absolute Gasteiger partial charge is 0.366 e. The smallest absolute Gasteiger partial charge is 0.265 e. The maximum Gasteiger partial charge on any atom is 0.265 e. The Balaban J connectivity index is 4.93. The van der Waals surface area contributed by atoms with E-state index in [0.717, 1.165) is 43.3 Å². The van der Waals surface area contributed by atoms with Gasteiger partial charge in [-0.25, -0.2) is 0 Å². The minimum atomic E-state index is -3.92. The number of primary amides is 1. The number of carbonyl (C=O) groups is 1. The fraction of sp³-hybridized carbons (Fsp3) is 0.800. The van der Waals surface area contributed by atoms with Gasteiger partial charge >= 0.3 is 0 Å². The van der Waals surface area contributed by atoms with Gasteiger partial charge in [0, 0.05) is 12.5 Å². The van der Waals surface area contributed by atoms with Crippen LogP contribution in [0.25, 0.3) is 0 Å². The number of amides is 1. The van der Waals surface area contributed by atoms with Gasteiger partial charge in [-0.2, -0.15) is 8.42 Å². The zero-order chi connectivity index (χ0) is 17.1. The first-order valence-corrected chi connectivity index (χ1v) is 9.62. The van der Waals surface area contributed by atoms with E-state index in [0.29, 0.717) is 19.5 Å². The van der Waals surface area contributed by atoms with Crippen LogP contribution in [0.4, 0.5) is 0 Å². The van der Waals surface area contributed by atoms with Crippen molar-refractivity contribution in [3.05, 3.63) is 12.2 Å². The van der Waals surface area contributed by atoms with Crippen molar-refractivity contribution in [2.24, 2.45) is 5.73 Å². The van der Waals surface area contributed by atoms with Gasteiger partial charge in [-0.1, -0.05) is 26.7 Å². The van der Waals surface area contributed by atoms with Crippen LogP contribution < -0.4 is 5.73 Å². The summed E-state index contributed by atoms with van der Waals surface area (Å²) < 4.78 is 31.5. The first-order chi connectivity index (χ1) is 10.2. The Morgan fingerprint density at radius 1 is 1.09 bits per heavy atom. The van der Waals surface area contributed by atoms with Crippen molar-refractivity contribution in [1.29, 1.82) is 0 Å². The third-order valence-electron chi connectivity index (χ3n) is 3.78. The lowest BCUT2D eigenvalue weighted by Crippen LogP contribution is -2.50. The van der Waals surface area contributed by atoms with Crippen LogP contribution in [-0.4, -0.2) is 55.3 Å². The van der Waals surface area contributed by atoms with Crippen molar-refractivity contribution in [1.82, 2.24) is 0 Å². The average Bonchev–Trinajstić information content (AvgIpc) is 2.40. The Morgan fingerprint density at radius 3 is 2.00 bits per heavy atom. The van der Waals surface area contributed by atoms with Gasteiger partial charge in [-0.05, 0) is 18.9 Å². The van der Waals surface area contributed by atoms with Gasteiger partial charge < -0.3 is 10.2 Å². The van der Waals surface area contributed by atoms with Crippen LogP contribution >= 0.6 is 0 Å². The average molecular weight is 335 g/mol. The highest BCUT2D eigenvalue weighted by Gasteiger charge is 2.25. The molecule has 3 N–H and O–H groups in total. The van der Waals surface area contributed by atoms with E-state index < -0.39 is 16.0 Å². The molecule has 0 bridgehead atoms. The Hall–Kier alpha value is -0.920. The van der Waals surface area contributed by atoms with E-state index in [1.54, 1.807) is 6.08 Å². The Labute approximate surface area is 134 Å². The second kappa shape index (κ2) is 10.7. The normalized spacial score (nSPS) is 12.9. The highest BCUT2D eigenvalue weighted by Crippen LogP contribution is 2.14. The zero-order valence-corrected chi connectivity index (χ0v) is 14.6. The molecule has 6 nitrogen and oxygen atoms in total. The van der Waals surface area contributed by atoms with Crippen molar-refractivity contribution in [2.45, 2.75) is 46.0 Å². The third-order valence-corrected chi connectivity index (χ3v) is 4.59. The monoisotopic (exact) mass is 335 g/mol. The molecule has 130 valence electrons. The zero-order valence-electron chi connectivity index (χ0n) is 13.8. The van der Waals surface area contributed by atoms with Gasteiger partial charge in [0.15, 0.2) is 0 Å². The van der Waals surface area contributed by atoms with E-state index in [4.69, 9.17) is 10.3 Å². The molecule has 0 aromatic heterocycles. The molecule has 0 rings (SSSR count). The van der Waals surface area contributed by atoms with Crippen molar-refractivity contribution >= 4 is 16.0 Å². The van der Waals surface area contributed by atoms with Gasteiger partial charge in [0.25, 0.3) is 10.1 Å². The fourth-order valence-corrected chi connectivity index (χ4v) is 3.07. The molecule has 0 aliphatic rings. The van der Waals surface area contributed by atoms with E-state index in [1.165, 1.54) is 6.08 Å². The van der Waals surface area contributed by atoms with E-state index in [9.17, 15) is 13.2 Å². The Kier molecular flexibility index (Phi) is 10.3. The van der Waals surface area contributed by atoms with Crippen molar-refractivity contribution < 1.29 is 22.2 Å². The van der Waals surface area contributed by atoms with Gasteiger partial charge in [0.1, 0.15) is 0 Å². The number of carbonyl (C=O) groups excluding carboxylic acids is 1. The topological polar surface area (TPSA) is 97.5 Å². The summed E-state index contributed by atoms with van der Waals surface area (Å²) in [7, 11) is -3.92. The van der Waals surface area contributed by atoms with E-state index in [2.05, 4.69) is 13.8 Å². The van der Waals surface area contributed by atoms with Gasteiger partial charge in [0.05, 0.1) is 31.9 Å². The van der Waals surface area contributed by atoms with E-state index >= 15 is 0 Å². The number of quaternary nitrogens is 1. The molecule has 0 fully saturated rings. The number of nitrogens with zero attached hydrogens (tertiary/aromatic N) is 1. The molecular weight excluding hydrogens is 304 g/mol. The summed E-state index contributed by atoms with van der Waals surface area (Å²) in [6.45, 7) is 7.44. The summed E-state index contributed by atoms with van der Waals surface area (Å²) in [4.78, 5) is 10.9. The first-order valence-electron chi connectivity index (χ1n) is 8.01. The number of unbranched alkanes of at least 4 members (excludes halogenated alkanes) is 2. The predicted molar refractivity (Wildman–Crippen MR) is 88.9 cm³/mol. The maximum absolute atomic E-state index is 10.9. The summed E-state index contributed by atoms with van der Waals surface area (Å²) >= 11 is 0.